The van der Waals surface area contributed by atoms with Gasteiger partial charge in [-0.15, -0.1) is 0 Å². The normalized spacial score (nSPS) is 16.9. The fraction of sp³-hybridized carbons (Fsp3) is 0.409. The third-order valence-electron chi connectivity index (χ3n) is 5.51. The lowest BCUT2D eigenvalue weighted by atomic mass is 10.0. The van der Waals surface area contributed by atoms with Crippen molar-refractivity contribution in [1.29, 1.82) is 0 Å². The molecule has 3 aromatic rings. The van der Waals surface area contributed by atoms with Gasteiger partial charge in [0, 0.05) is 43.2 Å². The number of hydrogen-bond acceptors (Lipinski definition) is 4. The molecule has 0 saturated carbocycles. The zero-order chi connectivity index (χ0) is 20.2. The number of hydrogen-bond donors (Lipinski definition) is 0. The molecule has 3 heterocycles. The van der Waals surface area contributed by atoms with E-state index in [4.69, 9.17) is 9.84 Å². The summed E-state index contributed by atoms with van der Waals surface area (Å²) in [6, 6.07) is 12.1. The Morgan fingerprint density at radius 1 is 1.21 bits per heavy atom. The molecule has 0 unspecified atom stereocenters. The Hall–Kier alpha value is -2.93. The molecule has 1 amide bonds. The number of amides is 1. The molecule has 1 aliphatic rings. The molecule has 4 rings (SSSR count). The van der Waals surface area contributed by atoms with E-state index in [2.05, 4.69) is 24.2 Å². The van der Waals surface area contributed by atoms with Gasteiger partial charge >= 0.3 is 0 Å². The minimum atomic E-state index is -0.0987. The van der Waals surface area contributed by atoms with Crippen LogP contribution in [-0.4, -0.2) is 50.1 Å². The highest BCUT2D eigenvalue weighted by Crippen LogP contribution is 2.30. The van der Waals surface area contributed by atoms with Crippen molar-refractivity contribution in [2.24, 2.45) is 0 Å². The molecular weight excluding hydrogens is 366 g/mol. The highest BCUT2D eigenvalue weighted by molar-refractivity contribution is 5.77. The lowest BCUT2D eigenvalue weighted by molar-refractivity contribution is -0.140. The first kappa shape index (κ1) is 19.4. The van der Waals surface area contributed by atoms with Crippen LogP contribution in [0, 0.1) is 13.8 Å². The molecule has 1 aliphatic heterocycles. The van der Waals surface area contributed by atoms with Crippen LogP contribution in [0.2, 0.25) is 0 Å². The van der Waals surface area contributed by atoms with Crippen LogP contribution in [0.5, 0.6) is 0 Å². The molecule has 0 N–H and O–H groups in total. The summed E-state index contributed by atoms with van der Waals surface area (Å²) in [5.41, 5.74) is 4.36. The predicted molar refractivity (Wildman–Crippen MR) is 109 cm³/mol. The van der Waals surface area contributed by atoms with Gasteiger partial charge in [0.1, 0.15) is 0 Å². The second-order valence-electron chi connectivity index (χ2n) is 7.42. The second-order valence-corrected chi connectivity index (χ2v) is 7.42. The lowest BCUT2D eigenvalue weighted by Crippen LogP contribution is -2.44. The first-order chi connectivity index (χ1) is 14.1. The Labute approximate surface area is 170 Å². The maximum absolute atomic E-state index is 13.0. The van der Waals surface area contributed by atoms with Gasteiger partial charge in [-0.05, 0) is 25.5 Å². The van der Waals surface area contributed by atoms with E-state index >= 15 is 0 Å². The minimum Gasteiger partial charge on any atom is -0.377 e. The Morgan fingerprint density at radius 2 is 2.03 bits per heavy atom. The number of rotatable bonds is 6. The minimum absolute atomic E-state index is 0.0987. The molecule has 1 fully saturated rings. The van der Waals surface area contributed by atoms with E-state index in [0.717, 1.165) is 17.0 Å². The zero-order valence-corrected chi connectivity index (χ0v) is 17.0. The molecule has 7 nitrogen and oxygen atoms in total. The van der Waals surface area contributed by atoms with E-state index in [0.29, 0.717) is 39.3 Å². The summed E-state index contributed by atoms with van der Waals surface area (Å²) in [6.45, 7) is 7.08. The van der Waals surface area contributed by atoms with Crippen molar-refractivity contribution in [1.82, 2.24) is 24.5 Å². The van der Waals surface area contributed by atoms with Gasteiger partial charge in [-0.2, -0.15) is 10.2 Å². The molecule has 29 heavy (non-hydrogen) atoms. The first-order valence-electron chi connectivity index (χ1n) is 10.1. The molecule has 0 radical (unpaired) electrons. The second kappa shape index (κ2) is 8.61. The summed E-state index contributed by atoms with van der Waals surface area (Å²) < 4.78 is 9.58. The fourth-order valence-electron chi connectivity index (χ4n) is 4.03. The van der Waals surface area contributed by atoms with E-state index in [-0.39, 0.29) is 11.9 Å². The molecule has 0 spiro atoms. The highest BCUT2D eigenvalue weighted by atomic mass is 16.5. The number of benzene rings is 1. The Balaban J connectivity index is 1.54. The summed E-state index contributed by atoms with van der Waals surface area (Å²) >= 11 is 0. The molecule has 1 saturated heterocycles. The molecule has 1 atom stereocenters. The summed E-state index contributed by atoms with van der Waals surface area (Å²) in [6.07, 6.45) is 4.04. The number of aromatic nitrogens is 4. The Morgan fingerprint density at radius 3 is 2.79 bits per heavy atom. The Bertz CT molecular complexity index is 949. The quantitative estimate of drug-likeness (QED) is 0.646. The van der Waals surface area contributed by atoms with Gasteiger partial charge < -0.3 is 9.64 Å². The number of nitrogens with zero attached hydrogens (tertiary/aromatic N) is 5. The van der Waals surface area contributed by atoms with E-state index in [1.807, 2.05) is 47.0 Å². The third kappa shape index (κ3) is 4.24. The largest absolute Gasteiger partial charge is 0.377 e. The lowest BCUT2D eigenvalue weighted by Gasteiger charge is -2.36. The maximum atomic E-state index is 13.0. The van der Waals surface area contributed by atoms with E-state index in [9.17, 15) is 4.79 Å². The summed E-state index contributed by atoms with van der Waals surface area (Å²) in [7, 11) is 0. The molecule has 1 aromatic carbocycles. The van der Waals surface area contributed by atoms with Crippen LogP contribution < -0.4 is 0 Å². The van der Waals surface area contributed by atoms with Gasteiger partial charge in [-0.25, -0.2) is 0 Å². The van der Waals surface area contributed by atoms with Gasteiger partial charge in [0.15, 0.2) is 0 Å². The summed E-state index contributed by atoms with van der Waals surface area (Å²) in [4.78, 5) is 15.0. The van der Waals surface area contributed by atoms with Crippen molar-refractivity contribution < 1.29 is 9.53 Å². The van der Waals surface area contributed by atoms with Crippen LogP contribution in [0.3, 0.4) is 0 Å². The molecule has 152 valence electrons. The van der Waals surface area contributed by atoms with Crippen molar-refractivity contribution in [3.63, 3.8) is 0 Å². The standard InChI is InChI=1S/C22H27N5O2/c1-17-22(18(2)27(24-17)15-19-7-4-3-5-8-19)20-16-29-14-13-26(20)21(28)9-12-25-11-6-10-23-25/h3-8,10-11,20H,9,12-16H2,1-2H3/t20-/m1/s1. The van der Waals surface area contributed by atoms with Crippen LogP contribution in [0.1, 0.15) is 35.0 Å². The van der Waals surface area contributed by atoms with Crippen molar-refractivity contribution in [2.75, 3.05) is 19.8 Å². The SMILES string of the molecule is Cc1nn(Cc2ccccc2)c(C)c1[C@H]1COCCN1C(=O)CCn1cccn1. The number of carbonyl (C=O) groups excluding carboxylic acids is 1. The van der Waals surface area contributed by atoms with Crippen LogP contribution in [0.25, 0.3) is 0 Å². The molecule has 0 aliphatic carbocycles. The maximum Gasteiger partial charge on any atom is 0.225 e. The van der Waals surface area contributed by atoms with E-state index in [1.165, 1.54) is 5.56 Å². The van der Waals surface area contributed by atoms with Crippen LogP contribution in [0.15, 0.2) is 48.8 Å². The number of aryl methyl sites for hydroxylation is 2. The van der Waals surface area contributed by atoms with Gasteiger partial charge in [0.05, 0.1) is 31.5 Å². The predicted octanol–water partition coefficient (Wildman–Crippen LogP) is 2.73. The fourth-order valence-corrected chi connectivity index (χ4v) is 4.03. The zero-order valence-electron chi connectivity index (χ0n) is 17.0. The van der Waals surface area contributed by atoms with Crippen molar-refractivity contribution in [3.05, 3.63) is 71.3 Å². The first-order valence-corrected chi connectivity index (χ1v) is 10.1. The van der Waals surface area contributed by atoms with Gasteiger partial charge in [0.25, 0.3) is 0 Å². The summed E-state index contributed by atoms with van der Waals surface area (Å²) in [5, 5.41) is 8.96. The number of carbonyl (C=O) groups is 1. The number of ether oxygens (including phenoxy) is 1. The topological polar surface area (TPSA) is 65.2 Å². The molecule has 2 aromatic heterocycles. The van der Waals surface area contributed by atoms with E-state index < -0.39 is 0 Å². The van der Waals surface area contributed by atoms with Gasteiger partial charge in [0.2, 0.25) is 5.91 Å². The average Bonchev–Trinajstić information content (AvgIpc) is 3.35. The summed E-state index contributed by atoms with van der Waals surface area (Å²) in [5.74, 6) is 0.128. The van der Waals surface area contributed by atoms with Crippen molar-refractivity contribution in [2.45, 2.75) is 39.4 Å². The van der Waals surface area contributed by atoms with Gasteiger partial charge in [-0.1, -0.05) is 30.3 Å². The van der Waals surface area contributed by atoms with Crippen molar-refractivity contribution in [3.8, 4) is 0 Å². The molecular formula is C22H27N5O2. The highest BCUT2D eigenvalue weighted by Gasteiger charge is 2.32. The molecule has 7 heteroatoms. The number of morpholine rings is 1. The van der Waals surface area contributed by atoms with Crippen LogP contribution in [0.4, 0.5) is 0 Å². The van der Waals surface area contributed by atoms with E-state index in [1.54, 1.807) is 10.9 Å². The van der Waals surface area contributed by atoms with Crippen molar-refractivity contribution >= 4 is 5.91 Å². The van der Waals surface area contributed by atoms with Gasteiger partial charge in [-0.3, -0.25) is 14.2 Å². The average molecular weight is 393 g/mol. The monoisotopic (exact) mass is 393 g/mol. The third-order valence-corrected chi connectivity index (χ3v) is 5.51. The molecule has 0 bridgehead atoms. The Kier molecular flexibility index (Phi) is 5.76. The van der Waals surface area contributed by atoms with Crippen LogP contribution >= 0.6 is 0 Å². The van der Waals surface area contributed by atoms with Crippen LogP contribution in [-0.2, 0) is 22.6 Å². The smallest absolute Gasteiger partial charge is 0.225 e.